The highest BCUT2D eigenvalue weighted by molar-refractivity contribution is 5.98. The van der Waals surface area contributed by atoms with E-state index in [2.05, 4.69) is 20.5 Å². The van der Waals surface area contributed by atoms with E-state index in [1.165, 1.54) is 6.07 Å². The van der Waals surface area contributed by atoms with Crippen LogP contribution in [0.5, 0.6) is 5.75 Å². The average Bonchev–Trinajstić information content (AvgIpc) is 2.85. The third kappa shape index (κ3) is 5.40. The van der Waals surface area contributed by atoms with Crippen molar-refractivity contribution in [3.05, 3.63) is 59.3 Å². The molecule has 1 amide bonds. The number of carbonyl (C=O) groups is 1. The van der Waals surface area contributed by atoms with Gasteiger partial charge in [-0.05, 0) is 38.2 Å². The lowest BCUT2D eigenvalue weighted by molar-refractivity contribution is 0.0954. The first-order valence-corrected chi connectivity index (χ1v) is 11.1. The molecule has 0 bridgehead atoms. The summed E-state index contributed by atoms with van der Waals surface area (Å²) in [5, 5.41) is 5.83. The van der Waals surface area contributed by atoms with Crippen LogP contribution in [-0.4, -0.2) is 62.3 Å². The Hall–Kier alpha value is -3.37. The lowest BCUT2D eigenvalue weighted by Crippen LogP contribution is -2.36. The second kappa shape index (κ2) is 10.7. The fraction of sp³-hybridized carbons (Fsp3) is 0.375. The van der Waals surface area contributed by atoms with Gasteiger partial charge in [-0.15, -0.1) is 0 Å². The van der Waals surface area contributed by atoms with Gasteiger partial charge in [0.1, 0.15) is 17.7 Å². The highest BCUT2D eigenvalue weighted by atomic mass is 19.2. The molecule has 2 heterocycles. The van der Waals surface area contributed by atoms with Crippen LogP contribution in [0.4, 0.5) is 14.6 Å². The number of aromatic nitrogens is 2. The number of ether oxygens (including phenoxy) is 2. The van der Waals surface area contributed by atoms with Crippen molar-refractivity contribution in [3.8, 4) is 5.75 Å². The number of hydrogen-bond donors (Lipinski definition) is 2. The normalized spacial score (nSPS) is 14.8. The molecule has 180 valence electrons. The summed E-state index contributed by atoms with van der Waals surface area (Å²) >= 11 is 0. The minimum atomic E-state index is -0.999. The maximum Gasteiger partial charge on any atom is 0.251 e. The summed E-state index contributed by atoms with van der Waals surface area (Å²) in [5.41, 5.74) is 2.14. The van der Waals surface area contributed by atoms with Crippen molar-refractivity contribution >= 4 is 22.8 Å². The van der Waals surface area contributed by atoms with Crippen LogP contribution in [0.15, 0.2) is 36.5 Å². The molecule has 1 atom stereocenters. The predicted molar refractivity (Wildman–Crippen MR) is 124 cm³/mol. The Morgan fingerprint density at radius 2 is 1.97 bits per heavy atom. The molecule has 1 saturated heterocycles. The number of nitrogens with zero attached hydrogens (tertiary/aromatic N) is 3. The van der Waals surface area contributed by atoms with E-state index in [0.717, 1.165) is 12.1 Å². The zero-order chi connectivity index (χ0) is 24.1. The first-order valence-electron chi connectivity index (χ1n) is 11.1. The number of fused-ring (bicyclic) bond motifs is 1. The molecule has 1 aliphatic heterocycles. The van der Waals surface area contributed by atoms with Crippen LogP contribution in [0.25, 0.3) is 11.0 Å². The standard InChI is InChI=1S/C24H27F2N5O3/c1-15(34-17-3-4-19(25)20(26)13-17)18-11-16(24(32)28-6-5-27-2)12-21-23(18)30-22(14-29-21)31-7-9-33-10-8-31/h3-4,11-15,27H,5-10H2,1-2H3,(H,28,32). The molecule has 8 nitrogen and oxygen atoms in total. The second-order valence-electron chi connectivity index (χ2n) is 7.96. The molecule has 1 aliphatic rings. The zero-order valence-corrected chi connectivity index (χ0v) is 19.1. The van der Waals surface area contributed by atoms with Crippen molar-refractivity contribution in [3.63, 3.8) is 0 Å². The largest absolute Gasteiger partial charge is 0.486 e. The Morgan fingerprint density at radius 3 is 2.71 bits per heavy atom. The topological polar surface area (TPSA) is 88.6 Å². The Kier molecular flexibility index (Phi) is 7.49. The molecule has 3 aromatic rings. The fourth-order valence-electron chi connectivity index (χ4n) is 3.74. The van der Waals surface area contributed by atoms with Crippen molar-refractivity contribution in [2.45, 2.75) is 13.0 Å². The number of halogens is 2. The molecule has 1 unspecified atom stereocenters. The number of anilines is 1. The van der Waals surface area contributed by atoms with Crippen molar-refractivity contribution in [2.75, 3.05) is 51.3 Å². The van der Waals surface area contributed by atoms with Gasteiger partial charge in [-0.1, -0.05) is 0 Å². The summed E-state index contributed by atoms with van der Waals surface area (Å²) < 4.78 is 38.4. The highest BCUT2D eigenvalue weighted by Gasteiger charge is 2.20. The molecule has 2 N–H and O–H groups in total. The Labute approximate surface area is 196 Å². The van der Waals surface area contributed by atoms with E-state index in [0.29, 0.717) is 67.4 Å². The lowest BCUT2D eigenvalue weighted by Gasteiger charge is -2.28. The maximum absolute atomic E-state index is 13.7. The van der Waals surface area contributed by atoms with Crippen molar-refractivity contribution in [1.29, 1.82) is 0 Å². The van der Waals surface area contributed by atoms with Crippen molar-refractivity contribution < 1.29 is 23.0 Å². The van der Waals surface area contributed by atoms with Crippen LogP contribution in [0.1, 0.15) is 28.9 Å². The summed E-state index contributed by atoms with van der Waals surface area (Å²) in [7, 11) is 1.80. The first-order chi connectivity index (χ1) is 16.5. The molecule has 0 radical (unpaired) electrons. The van der Waals surface area contributed by atoms with E-state index < -0.39 is 17.7 Å². The van der Waals surface area contributed by atoms with Crippen LogP contribution in [0, 0.1) is 11.6 Å². The minimum absolute atomic E-state index is 0.167. The molecule has 1 aromatic heterocycles. The average molecular weight is 472 g/mol. The monoisotopic (exact) mass is 471 g/mol. The van der Waals surface area contributed by atoms with E-state index in [1.54, 1.807) is 32.3 Å². The number of rotatable bonds is 8. The Morgan fingerprint density at radius 1 is 1.18 bits per heavy atom. The van der Waals surface area contributed by atoms with Gasteiger partial charge in [-0.25, -0.2) is 13.8 Å². The fourth-order valence-corrected chi connectivity index (χ4v) is 3.74. The molecular weight excluding hydrogens is 444 g/mol. The van der Waals surface area contributed by atoms with Crippen LogP contribution >= 0.6 is 0 Å². The number of carbonyl (C=O) groups excluding carboxylic acids is 1. The van der Waals surface area contributed by atoms with Gasteiger partial charge in [0.05, 0.1) is 30.4 Å². The zero-order valence-electron chi connectivity index (χ0n) is 19.1. The lowest BCUT2D eigenvalue weighted by atomic mass is 10.0. The number of benzene rings is 2. The quantitative estimate of drug-likeness (QED) is 0.489. The van der Waals surface area contributed by atoms with Gasteiger partial charge in [0.25, 0.3) is 5.91 Å². The summed E-state index contributed by atoms with van der Waals surface area (Å²) in [4.78, 5) is 24.2. The Balaban J connectivity index is 1.72. The molecule has 2 aromatic carbocycles. The van der Waals surface area contributed by atoms with Crippen LogP contribution in [-0.2, 0) is 4.74 Å². The minimum Gasteiger partial charge on any atom is -0.486 e. The SMILES string of the molecule is CNCCNC(=O)c1cc(C(C)Oc2ccc(F)c(F)c2)c2nc(N3CCOCC3)cnc2c1. The van der Waals surface area contributed by atoms with Crippen LogP contribution in [0.2, 0.25) is 0 Å². The molecule has 4 rings (SSSR count). The van der Waals surface area contributed by atoms with Crippen molar-refractivity contribution in [2.24, 2.45) is 0 Å². The van der Waals surface area contributed by atoms with Crippen LogP contribution < -0.4 is 20.3 Å². The van der Waals surface area contributed by atoms with Gasteiger partial charge < -0.3 is 25.0 Å². The van der Waals surface area contributed by atoms with E-state index in [1.807, 2.05) is 0 Å². The summed E-state index contributed by atoms with van der Waals surface area (Å²) in [6.45, 7) is 5.46. The molecule has 0 spiro atoms. The van der Waals surface area contributed by atoms with E-state index >= 15 is 0 Å². The molecule has 0 aliphatic carbocycles. The predicted octanol–water partition coefficient (Wildman–Crippen LogP) is 2.83. The molecule has 10 heteroatoms. The third-order valence-corrected chi connectivity index (χ3v) is 5.56. The van der Waals surface area contributed by atoms with E-state index in [-0.39, 0.29) is 11.7 Å². The number of amides is 1. The molecule has 1 fully saturated rings. The first kappa shape index (κ1) is 23.8. The number of morpholine rings is 1. The maximum atomic E-state index is 13.7. The number of likely N-dealkylation sites (N-methyl/N-ethyl adjacent to an activating group) is 1. The smallest absolute Gasteiger partial charge is 0.251 e. The molecule has 0 saturated carbocycles. The molecule has 34 heavy (non-hydrogen) atoms. The van der Waals surface area contributed by atoms with Gasteiger partial charge in [-0.2, -0.15) is 0 Å². The van der Waals surface area contributed by atoms with Gasteiger partial charge in [0.15, 0.2) is 11.6 Å². The van der Waals surface area contributed by atoms with E-state index in [9.17, 15) is 13.6 Å². The van der Waals surface area contributed by atoms with E-state index in [4.69, 9.17) is 14.5 Å². The highest BCUT2D eigenvalue weighted by Crippen LogP contribution is 2.30. The second-order valence-corrected chi connectivity index (χ2v) is 7.96. The van der Waals surface area contributed by atoms with Crippen molar-refractivity contribution in [1.82, 2.24) is 20.6 Å². The summed E-state index contributed by atoms with van der Waals surface area (Å²) in [5.74, 6) is -1.34. The summed E-state index contributed by atoms with van der Waals surface area (Å²) in [6, 6.07) is 6.76. The van der Waals surface area contributed by atoms with Gasteiger partial charge >= 0.3 is 0 Å². The number of hydrogen-bond acceptors (Lipinski definition) is 7. The number of nitrogens with one attached hydrogen (secondary N) is 2. The van der Waals surface area contributed by atoms with Gasteiger partial charge in [0.2, 0.25) is 0 Å². The third-order valence-electron chi connectivity index (χ3n) is 5.56. The van der Waals surface area contributed by atoms with Gasteiger partial charge in [-0.3, -0.25) is 9.78 Å². The Bertz CT molecular complexity index is 1170. The molecular formula is C24H27F2N5O3. The van der Waals surface area contributed by atoms with Gasteiger partial charge in [0, 0.05) is 43.4 Å². The summed E-state index contributed by atoms with van der Waals surface area (Å²) in [6.07, 6.45) is 1.06. The van der Waals surface area contributed by atoms with Crippen LogP contribution in [0.3, 0.4) is 0 Å².